The van der Waals surface area contributed by atoms with Crippen LogP contribution in [0.2, 0.25) is 0 Å². The van der Waals surface area contributed by atoms with Crippen LogP contribution in [-0.4, -0.2) is 17.3 Å². The van der Waals surface area contributed by atoms with Gasteiger partial charge in [0, 0.05) is 29.1 Å². The average Bonchev–Trinajstić information content (AvgIpc) is 3.06. The quantitative estimate of drug-likeness (QED) is 0.549. The molecule has 4 aromatic rings. The van der Waals surface area contributed by atoms with Crippen LogP contribution in [0.1, 0.15) is 0 Å². The zero-order chi connectivity index (χ0) is 16.5. The Morgan fingerprint density at radius 2 is 1.83 bits per heavy atom. The van der Waals surface area contributed by atoms with E-state index < -0.39 is 0 Å². The van der Waals surface area contributed by atoms with Gasteiger partial charge in [-0.1, -0.05) is 17.3 Å². The van der Waals surface area contributed by atoms with Gasteiger partial charge in [-0.25, -0.2) is 4.39 Å². The molecule has 0 N–H and O–H groups in total. The Hall–Kier alpha value is -3.21. The maximum Gasteiger partial charge on any atom is 0.175 e. The summed E-state index contributed by atoms with van der Waals surface area (Å²) < 4.78 is 24.1. The van der Waals surface area contributed by atoms with E-state index >= 15 is 0 Å². The summed E-state index contributed by atoms with van der Waals surface area (Å²) in [5.74, 6) is 0.421. The Kier molecular flexibility index (Phi) is 3.46. The molecule has 0 aliphatic carbocycles. The second-order valence-corrected chi connectivity index (χ2v) is 5.30. The van der Waals surface area contributed by atoms with Crippen molar-refractivity contribution in [3.8, 4) is 28.1 Å². The molecule has 4 rings (SSSR count). The third-order valence-corrected chi connectivity index (χ3v) is 3.91. The number of para-hydroxylation sites is 1. The maximum absolute atomic E-state index is 13.1. The van der Waals surface area contributed by atoms with E-state index in [1.165, 1.54) is 12.1 Å². The number of hydrogen-bond acceptors (Lipinski definition) is 4. The van der Waals surface area contributed by atoms with Crippen molar-refractivity contribution < 1.29 is 13.7 Å². The predicted octanol–water partition coefficient (Wildman–Crippen LogP) is 4.70. The van der Waals surface area contributed by atoms with E-state index in [1.807, 2.05) is 18.2 Å². The zero-order valence-electron chi connectivity index (χ0n) is 12.9. The van der Waals surface area contributed by atoms with E-state index in [4.69, 9.17) is 9.26 Å². The molecule has 0 fully saturated rings. The largest absolute Gasteiger partial charge is 0.496 e. The minimum absolute atomic E-state index is 0.285. The van der Waals surface area contributed by atoms with Crippen LogP contribution in [0.15, 0.2) is 65.4 Å². The number of ether oxygens (including phenoxy) is 1. The summed E-state index contributed by atoms with van der Waals surface area (Å²) in [6.45, 7) is 0. The van der Waals surface area contributed by atoms with E-state index in [-0.39, 0.29) is 5.82 Å². The third kappa shape index (κ3) is 2.31. The minimum Gasteiger partial charge on any atom is -0.496 e. The SMILES string of the molecule is COc1ccncc1-c1cccc2c(-c3ccc(F)cc3)noc12. The van der Waals surface area contributed by atoms with Gasteiger partial charge in [-0.15, -0.1) is 0 Å². The van der Waals surface area contributed by atoms with Crippen molar-refractivity contribution in [2.75, 3.05) is 7.11 Å². The molecule has 0 radical (unpaired) electrons. The highest BCUT2D eigenvalue weighted by atomic mass is 19.1. The molecule has 4 nitrogen and oxygen atoms in total. The Bertz CT molecular complexity index is 1010. The van der Waals surface area contributed by atoms with Crippen molar-refractivity contribution in [2.24, 2.45) is 0 Å². The summed E-state index contributed by atoms with van der Waals surface area (Å²) in [5, 5.41) is 5.03. The molecule has 118 valence electrons. The average molecular weight is 320 g/mol. The summed E-state index contributed by atoms with van der Waals surface area (Å²) >= 11 is 0. The van der Waals surface area contributed by atoms with Crippen molar-refractivity contribution in [2.45, 2.75) is 0 Å². The monoisotopic (exact) mass is 320 g/mol. The fourth-order valence-corrected chi connectivity index (χ4v) is 2.75. The molecule has 0 amide bonds. The van der Waals surface area contributed by atoms with Gasteiger partial charge in [0.1, 0.15) is 17.3 Å². The molecular formula is C19H13FN2O2. The molecule has 0 aliphatic heterocycles. The second kappa shape index (κ2) is 5.77. The standard InChI is InChI=1S/C19H13FN2O2/c1-23-17-9-10-21-11-16(17)14-3-2-4-15-18(22-24-19(14)15)12-5-7-13(20)8-6-12/h2-11H,1H3. The third-order valence-electron chi connectivity index (χ3n) is 3.91. The Balaban J connectivity index is 1.92. The van der Waals surface area contributed by atoms with Crippen LogP contribution in [0.5, 0.6) is 5.75 Å². The molecule has 0 unspecified atom stereocenters. The van der Waals surface area contributed by atoms with E-state index in [2.05, 4.69) is 10.1 Å². The van der Waals surface area contributed by atoms with Gasteiger partial charge in [0.05, 0.1) is 12.5 Å². The van der Waals surface area contributed by atoms with Crippen LogP contribution in [0.25, 0.3) is 33.4 Å². The smallest absolute Gasteiger partial charge is 0.175 e. The number of benzene rings is 2. The van der Waals surface area contributed by atoms with Crippen LogP contribution in [0.3, 0.4) is 0 Å². The topological polar surface area (TPSA) is 48.2 Å². The lowest BCUT2D eigenvalue weighted by molar-refractivity contribution is 0.415. The van der Waals surface area contributed by atoms with Crippen LogP contribution < -0.4 is 4.74 Å². The van der Waals surface area contributed by atoms with Gasteiger partial charge in [-0.05, 0) is 36.4 Å². The van der Waals surface area contributed by atoms with Crippen molar-refractivity contribution in [3.05, 3.63) is 66.7 Å². The molecule has 0 spiro atoms. The molecule has 0 saturated carbocycles. The first-order chi connectivity index (χ1) is 11.8. The van der Waals surface area contributed by atoms with Crippen LogP contribution in [0, 0.1) is 5.82 Å². The highest BCUT2D eigenvalue weighted by Gasteiger charge is 2.16. The fraction of sp³-hybridized carbons (Fsp3) is 0.0526. The van der Waals surface area contributed by atoms with Gasteiger partial charge in [0.15, 0.2) is 5.58 Å². The van der Waals surface area contributed by atoms with Gasteiger partial charge < -0.3 is 9.26 Å². The molecule has 5 heteroatoms. The molecule has 0 bridgehead atoms. The van der Waals surface area contributed by atoms with Crippen LogP contribution in [-0.2, 0) is 0 Å². The van der Waals surface area contributed by atoms with Crippen molar-refractivity contribution in [1.82, 2.24) is 10.1 Å². The van der Waals surface area contributed by atoms with Gasteiger partial charge in [-0.3, -0.25) is 4.98 Å². The summed E-state index contributed by atoms with van der Waals surface area (Å²) in [6.07, 6.45) is 3.40. The Morgan fingerprint density at radius 3 is 2.62 bits per heavy atom. The Labute approximate surface area is 137 Å². The van der Waals surface area contributed by atoms with E-state index in [0.29, 0.717) is 17.0 Å². The normalized spacial score (nSPS) is 10.9. The molecule has 2 aromatic carbocycles. The molecule has 0 atom stereocenters. The highest BCUT2D eigenvalue weighted by molar-refractivity contribution is 6.00. The first-order valence-corrected chi connectivity index (χ1v) is 7.40. The minimum atomic E-state index is -0.285. The number of fused-ring (bicyclic) bond motifs is 1. The molecule has 0 aliphatic rings. The van der Waals surface area contributed by atoms with Gasteiger partial charge in [0.2, 0.25) is 0 Å². The van der Waals surface area contributed by atoms with Crippen LogP contribution in [0.4, 0.5) is 4.39 Å². The summed E-state index contributed by atoms with van der Waals surface area (Å²) in [6, 6.07) is 13.8. The Morgan fingerprint density at radius 1 is 1.00 bits per heavy atom. The highest BCUT2D eigenvalue weighted by Crippen LogP contribution is 2.37. The maximum atomic E-state index is 13.1. The predicted molar refractivity (Wildman–Crippen MR) is 89.2 cm³/mol. The molecular weight excluding hydrogens is 307 g/mol. The summed E-state index contributed by atoms with van der Waals surface area (Å²) in [4.78, 5) is 4.17. The number of methoxy groups -OCH3 is 1. The number of pyridine rings is 1. The number of aromatic nitrogens is 2. The molecule has 0 saturated heterocycles. The zero-order valence-corrected chi connectivity index (χ0v) is 12.9. The van der Waals surface area contributed by atoms with Gasteiger partial charge in [0.25, 0.3) is 0 Å². The lowest BCUT2D eigenvalue weighted by atomic mass is 10.0. The van der Waals surface area contributed by atoms with E-state index in [9.17, 15) is 4.39 Å². The number of nitrogens with zero attached hydrogens (tertiary/aromatic N) is 2. The summed E-state index contributed by atoms with van der Waals surface area (Å²) in [5.41, 5.74) is 3.79. The molecule has 2 heterocycles. The lowest BCUT2D eigenvalue weighted by Crippen LogP contribution is -1.89. The van der Waals surface area contributed by atoms with Crippen LogP contribution >= 0.6 is 0 Å². The number of halogens is 1. The van der Waals surface area contributed by atoms with Crippen molar-refractivity contribution in [1.29, 1.82) is 0 Å². The first-order valence-electron chi connectivity index (χ1n) is 7.40. The van der Waals surface area contributed by atoms with Crippen molar-refractivity contribution >= 4 is 11.0 Å². The molecule has 2 aromatic heterocycles. The number of rotatable bonds is 3. The van der Waals surface area contributed by atoms with Gasteiger partial charge in [-0.2, -0.15) is 0 Å². The van der Waals surface area contributed by atoms with Gasteiger partial charge >= 0.3 is 0 Å². The van der Waals surface area contributed by atoms with E-state index in [0.717, 1.165) is 22.1 Å². The molecule has 24 heavy (non-hydrogen) atoms. The summed E-state index contributed by atoms with van der Waals surface area (Å²) in [7, 11) is 1.61. The fourth-order valence-electron chi connectivity index (χ4n) is 2.75. The van der Waals surface area contributed by atoms with Crippen molar-refractivity contribution in [3.63, 3.8) is 0 Å². The second-order valence-electron chi connectivity index (χ2n) is 5.30. The number of hydrogen-bond donors (Lipinski definition) is 0. The lowest BCUT2D eigenvalue weighted by Gasteiger charge is -2.07. The first kappa shape index (κ1) is 14.4. The van der Waals surface area contributed by atoms with E-state index in [1.54, 1.807) is 37.7 Å².